The molecule has 0 heterocycles. The third-order valence-electron chi connectivity index (χ3n) is 4.72. The third kappa shape index (κ3) is 7.83. The number of hydrogen-bond donors (Lipinski definition) is 2. The summed E-state index contributed by atoms with van der Waals surface area (Å²) < 4.78 is 0. The van der Waals surface area contributed by atoms with Gasteiger partial charge in [-0.05, 0) is 38.9 Å². The molecule has 1 atom stereocenters. The van der Waals surface area contributed by atoms with Crippen molar-refractivity contribution in [2.45, 2.75) is 57.0 Å². The van der Waals surface area contributed by atoms with E-state index in [1.807, 2.05) is 0 Å². The van der Waals surface area contributed by atoms with E-state index in [0.717, 1.165) is 13.0 Å². The van der Waals surface area contributed by atoms with Crippen LogP contribution >= 0.6 is 24.0 Å². The lowest BCUT2D eigenvalue weighted by molar-refractivity contribution is 0.298. The van der Waals surface area contributed by atoms with Crippen LogP contribution in [0.1, 0.15) is 44.1 Å². The summed E-state index contributed by atoms with van der Waals surface area (Å²) in [6.07, 6.45) is 8.76. The van der Waals surface area contributed by atoms with Crippen LogP contribution in [0.5, 0.6) is 0 Å². The molecular weight excluding hydrogens is 411 g/mol. The molecule has 1 aliphatic carbocycles. The van der Waals surface area contributed by atoms with E-state index in [1.165, 1.54) is 44.1 Å². The molecule has 0 aromatic heterocycles. The Balaban J connectivity index is 0.00000288. The van der Waals surface area contributed by atoms with E-state index in [2.05, 4.69) is 59.6 Å². The normalized spacial score (nSPS) is 17.9. The zero-order valence-corrected chi connectivity index (χ0v) is 17.4. The van der Waals surface area contributed by atoms with Crippen LogP contribution in [-0.2, 0) is 6.42 Å². The Bertz CT molecular complexity index is 468. The van der Waals surface area contributed by atoms with Crippen LogP contribution < -0.4 is 11.1 Å². The van der Waals surface area contributed by atoms with Crippen LogP contribution in [0.4, 0.5) is 0 Å². The van der Waals surface area contributed by atoms with Crippen LogP contribution in [0.3, 0.4) is 0 Å². The average Bonchev–Trinajstić information content (AvgIpc) is 2.80. The third-order valence-corrected chi connectivity index (χ3v) is 4.72. The van der Waals surface area contributed by atoms with Crippen LogP contribution in [0.15, 0.2) is 35.3 Å². The van der Waals surface area contributed by atoms with Gasteiger partial charge in [-0.1, -0.05) is 56.0 Å². The molecule has 1 unspecified atom stereocenters. The molecule has 0 saturated heterocycles. The van der Waals surface area contributed by atoms with Crippen molar-refractivity contribution < 1.29 is 0 Å². The van der Waals surface area contributed by atoms with Crippen molar-refractivity contribution in [1.29, 1.82) is 0 Å². The Morgan fingerprint density at radius 1 is 1.17 bits per heavy atom. The molecule has 0 radical (unpaired) electrons. The van der Waals surface area contributed by atoms with Gasteiger partial charge in [-0.3, -0.25) is 4.99 Å². The molecule has 2 rings (SSSR count). The van der Waals surface area contributed by atoms with Gasteiger partial charge in [0.1, 0.15) is 0 Å². The minimum Gasteiger partial charge on any atom is -0.370 e. The summed E-state index contributed by atoms with van der Waals surface area (Å²) in [4.78, 5) is 6.84. The predicted molar refractivity (Wildman–Crippen MR) is 114 cm³/mol. The maximum absolute atomic E-state index is 6.12. The number of benzene rings is 1. The molecule has 136 valence electrons. The van der Waals surface area contributed by atoms with Gasteiger partial charge in [0.2, 0.25) is 0 Å². The second-order valence-electron chi connectivity index (χ2n) is 6.87. The highest BCUT2D eigenvalue weighted by Crippen LogP contribution is 2.17. The van der Waals surface area contributed by atoms with E-state index in [9.17, 15) is 0 Å². The number of rotatable bonds is 6. The molecule has 5 heteroatoms. The summed E-state index contributed by atoms with van der Waals surface area (Å²) in [5, 5.41) is 3.43. The minimum absolute atomic E-state index is 0. The Labute approximate surface area is 164 Å². The molecular formula is C19H33IN4. The van der Waals surface area contributed by atoms with E-state index in [4.69, 9.17) is 5.73 Å². The summed E-state index contributed by atoms with van der Waals surface area (Å²) in [6.45, 7) is 0.730. The first-order valence-corrected chi connectivity index (χ1v) is 8.92. The monoisotopic (exact) mass is 444 g/mol. The van der Waals surface area contributed by atoms with E-state index in [0.29, 0.717) is 18.0 Å². The lowest BCUT2D eigenvalue weighted by Crippen LogP contribution is -2.41. The van der Waals surface area contributed by atoms with Gasteiger partial charge >= 0.3 is 0 Å². The predicted octanol–water partition coefficient (Wildman–Crippen LogP) is 3.40. The zero-order chi connectivity index (χ0) is 16.5. The number of nitrogens with one attached hydrogen (secondary N) is 1. The summed E-state index contributed by atoms with van der Waals surface area (Å²) >= 11 is 0. The number of aliphatic imine (C=N–C) groups is 1. The number of nitrogens with zero attached hydrogens (tertiary/aromatic N) is 2. The molecule has 0 spiro atoms. The molecule has 3 N–H and O–H groups in total. The van der Waals surface area contributed by atoms with Crippen molar-refractivity contribution in [3.05, 3.63) is 35.9 Å². The molecule has 24 heavy (non-hydrogen) atoms. The summed E-state index contributed by atoms with van der Waals surface area (Å²) in [5.41, 5.74) is 7.46. The molecule has 0 amide bonds. The lowest BCUT2D eigenvalue weighted by Gasteiger charge is -2.23. The summed E-state index contributed by atoms with van der Waals surface area (Å²) in [6, 6.07) is 11.5. The van der Waals surface area contributed by atoms with Crippen molar-refractivity contribution in [2.75, 3.05) is 20.6 Å². The highest BCUT2D eigenvalue weighted by Gasteiger charge is 2.14. The highest BCUT2D eigenvalue weighted by atomic mass is 127. The van der Waals surface area contributed by atoms with Crippen molar-refractivity contribution >= 4 is 29.9 Å². The van der Waals surface area contributed by atoms with Crippen molar-refractivity contribution in [3.8, 4) is 0 Å². The van der Waals surface area contributed by atoms with Crippen molar-refractivity contribution in [2.24, 2.45) is 10.7 Å². The number of guanidine groups is 1. The average molecular weight is 444 g/mol. The Morgan fingerprint density at radius 2 is 1.79 bits per heavy atom. The van der Waals surface area contributed by atoms with Crippen LogP contribution in [0, 0.1) is 0 Å². The number of nitrogens with two attached hydrogens (primary N) is 1. The molecule has 1 fully saturated rings. The smallest absolute Gasteiger partial charge is 0.188 e. The van der Waals surface area contributed by atoms with Gasteiger partial charge in [-0.25, -0.2) is 0 Å². The maximum Gasteiger partial charge on any atom is 0.188 e. The van der Waals surface area contributed by atoms with Gasteiger partial charge < -0.3 is 16.0 Å². The Kier molecular flexibility index (Phi) is 10.3. The first kappa shape index (κ1) is 21.2. The first-order chi connectivity index (χ1) is 11.1. The fourth-order valence-electron chi connectivity index (χ4n) is 3.18. The van der Waals surface area contributed by atoms with E-state index >= 15 is 0 Å². The largest absolute Gasteiger partial charge is 0.370 e. The van der Waals surface area contributed by atoms with Gasteiger partial charge in [-0.15, -0.1) is 24.0 Å². The first-order valence-electron chi connectivity index (χ1n) is 8.92. The topological polar surface area (TPSA) is 53.6 Å². The molecule has 0 aliphatic heterocycles. The second-order valence-corrected chi connectivity index (χ2v) is 6.87. The highest BCUT2D eigenvalue weighted by molar-refractivity contribution is 14.0. The van der Waals surface area contributed by atoms with Crippen molar-refractivity contribution in [1.82, 2.24) is 10.2 Å². The number of hydrogen-bond acceptors (Lipinski definition) is 2. The summed E-state index contributed by atoms with van der Waals surface area (Å²) in [5.74, 6) is 0.608. The molecule has 1 saturated carbocycles. The maximum atomic E-state index is 6.12. The number of likely N-dealkylation sites (N-methyl/N-ethyl adjacent to an activating group) is 1. The number of halogens is 1. The van der Waals surface area contributed by atoms with E-state index < -0.39 is 0 Å². The van der Waals surface area contributed by atoms with E-state index in [1.54, 1.807) is 0 Å². The fraction of sp³-hybridized carbons (Fsp3) is 0.632. The molecule has 4 nitrogen and oxygen atoms in total. The standard InChI is InChI=1S/C19H32N4.HI/c1-23(2)18(14-16-10-6-5-7-11-16)15-21-19(20)22-17-12-8-3-4-9-13-17;/h5-7,10-11,17-18H,3-4,8-9,12-15H2,1-2H3,(H3,20,21,22);1H. The van der Waals surface area contributed by atoms with Gasteiger partial charge in [0.05, 0.1) is 6.54 Å². The minimum atomic E-state index is 0. The zero-order valence-electron chi connectivity index (χ0n) is 15.1. The van der Waals surface area contributed by atoms with Gasteiger partial charge in [0, 0.05) is 12.1 Å². The Morgan fingerprint density at radius 3 is 2.38 bits per heavy atom. The van der Waals surface area contributed by atoms with Crippen LogP contribution in [0.25, 0.3) is 0 Å². The molecule has 0 bridgehead atoms. The van der Waals surface area contributed by atoms with Gasteiger partial charge in [-0.2, -0.15) is 0 Å². The van der Waals surface area contributed by atoms with Crippen molar-refractivity contribution in [3.63, 3.8) is 0 Å². The quantitative estimate of drug-likeness (QED) is 0.306. The molecule has 1 aromatic carbocycles. The lowest BCUT2D eigenvalue weighted by atomic mass is 10.1. The van der Waals surface area contributed by atoms with Gasteiger partial charge in [0.15, 0.2) is 5.96 Å². The Hall–Kier alpha value is -0.820. The van der Waals surface area contributed by atoms with E-state index in [-0.39, 0.29) is 24.0 Å². The fourth-order valence-corrected chi connectivity index (χ4v) is 3.18. The van der Waals surface area contributed by atoms with Crippen LogP contribution in [0.2, 0.25) is 0 Å². The molecule has 1 aliphatic rings. The van der Waals surface area contributed by atoms with Crippen LogP contribution in [-0.4, -0.2) is 43.6 Å². The second kappa shape index (κ2) is 11.7. The molecule has 1 aromatic rings. The SMILES string of the molecule is CN(C)C(CN=C(N)NC1CCCCCC1)Cc1ccccc1.I. The van der Waals surface area contributed by atoms with Gasteiger partial charge in [0.25, 0.3) is 0 Å². The summed E-state index contributed by atoms with van der Waals surface area (Å²) in [7, 11) is 4.22.